The van der Waals surface area contributed by atoms with Gasteiger partial charge in [-0.1, -0.05) is 0 Å². The summed E-state index contributed by atoms with van der Waals surface area (Å²) in [7, 11) is -3.84. The van der Waals surface area contributed by atoms with Gasteiger partial charge in [-0.15, -0.1) is 0 Å². The van der Waals surface area contributed by atoms with Crippen LogP contribution >= 0.6 is 0 Å². The van der Waals surface area contributed by atoms with Crippen LogP contribution in [0.25, 0.3) is 0 Å². The van der Waals surface area contributed by atoms with Crippen molar-refractivity contribution in [3.05, 3.63) is 24.3 Å². The second kappa shape index (κ2) is 8.76. The fraction of sp³-hybridized carbons (Fsp3) is 0.467. The lowest BCUT2D eigenvalue weighted by atomic mass is 10.2. The van der Waals surface area contributed by atoms with Crippen LogP contribution in [0.2, 0.25) is 0 Å². The van der Waals surface area contributed by atoms with Crippen molar-refractivity contribution in [1.29, 1.82) is 0 Å². The summed E-state index contributed by atoms with van der Waals surface area (Å²) in [6.45, 7) is 5.03. The largest absolute Gasteiger partial charge is 0.355 e. The lowest BCUT2D eigenvalue weighted by molar-refractivity contribution is -0.122. The Labute approximate surface area is 142 Å². The molecule has 1 aromatic rings. The first kappa shape index (κ1) is 20.1. The van der Waals surface area contributed by atoms with Crippen molar-refractivity contribution in [3.63, 3.8) is 0 Å². The Morgan fingerprint density at radius 2 is 1.75 bits per heavy atom. The summed E-state index contributed by atoms with van der Waals surface area (Å²) in [6, 6.07) is 4.70. The van der Waals surface area contributed by atoms with Gasteiger partial charge in [-0.2, -0.15) is 4.72 Å². The van der Waals surface area contributed by atoms with Crippen LogP contribution in [-0.2, 0) is 19.6 Å². The van der Waals surface area contributed by atoms with Crippen LogP contribution in [0.15, 0.2) is 29.2 Å². The summed E-state index contributed by atoms with van der Waals surface area (Å²) in [4.78, 5) is 22.8. The summed E-state index contributed by atoms with van der Waals surface area (Å²) in [5, 5.41) is 5.17. The van der Waals surface area contributed by atoms with E-state index in [0.717, 1.165) is 0 Å². The van der Waals surface area contributed by atoms with E-state index in [1.807, 2.05) is 6.92 Å². The van der Waals surface area contributed by atoms with Crippen molar-refractivity contribution in [3.8, 4) is 0 Å². The Balaban J connectivity index is 2.67. The first-order valence-corrected chi connectivity index (χ1v) is 9.03. The van der Waals surface area contributed by atoms with Gasteiger partial charge < -0.3 is 16.4 Å². The fourth-order valence-electron chi connectivity index (χ4n) is 1.85. The van der Waals surface area contributed by atoms with Gasteiger partial charge in [-0.3, -0.25) is 9.59 Å². The molecule has 5 N–H and O–H groups in total. The number of benzene rings is 1. The van der Waals surface area contributed by atoms with E-state index < -0.39 is 22.0 Å². The van der Waals surface area contributed by atoms with Crippen LogP contribution in [0, 0.1) is 0 Å². The minimum Gasteiger partial charge on any atom is -0.355 e. The zero-order valence-electron chi connectivity index (χ0n) is 14.0. The Kier molecular flexibility index (Phi) is 7.33. The number of carbonyl (C=O) groups excluding carboxylic acids is 2. The van der Waals surface area contributed by atoms with Crippen LogP contribution in [-0.4, -0.2) is 38.9 Å². The molecule has 2 amide bonds. The molecule has 2 unspecified atom stereocenters. The molecule has 0 saturated carbocycles. The third-order valence-corrected chi connectivity index (χ3v) is 4.67. The molecular formula is C15H24N4O4S. The standard InChI is InChI=1S/C15H24N4O4S/c1-10(16)8-9-17-15(21)11(2)19-24(22,23)14-6-4-13(5-7-14)18-12(3)20/h4-7,10-11,19H,8-9,16H2,1-3H3,(H,17,21)(H,18,20). The van der Waals surface area contributed by atoms with Crippen molar-refractivity contribution in [2.24, 2.45) is 5.73 Å². The summed E-state index contributed by atoms with van der Waals surface area (Å²) in [5.41, 5.74) is 6.07. The maximum atomic E-state index is 12.3. The molecule has 1 rings (SSSR count). The monoisotopic (exact) mass is 356 g/mol. The maximum Gasteiger partial charge on any atom is 0.241 e. The van der Waals surface area contributed by atoms with E-state index in [0.29, 0.717) is 18.7 Å². The lowest BCUT2D eigenvalue weighted by Gasteiger charge is -2.15. The molecule has 24 heavy (non-hydrogen) atoms. The molecule has 0 heterocycles. The molecule has 9 heteroatoms. The number of carbonyl (C=O) groups is 2. The quantitative estimate of drug-likeness (QED) is 0.527. The van der Waals surface area contributed by atoms with Crippen LogP contribution in [0.5, 0.6) is 0 Å². The van der Waals surface area contributed by atoms with Crippen molar-refractivity contribution in [1.82, 2.24) is 10.0 Å². The van der Waals surface area contributed by atoms with Crippen LogP contribution in [0.3, 0.4) is 0 Å². The zero-order chi connectivity index (χ0) is 18.3. The Morgan fingerprint density at radius 3 is 2.25 bits per heavy atom. The first-order valence-electron chi connectivity index (χ1n) is 7.55. The topological polar surface area (TPSA) is 130 Å². The predicted octanol–water partition coefficient (Wildman–Crippen LogP) is 0.165. The predicted molar refractivity (Wildman–Crippen MR) is 91.8 cm³/mol. The van der Waals surface area contributed by atoms with E-state index in [4.69, 9.17) is 5.73 Å². The van der Waals surface area contributed by atoms with Crippen molar-refractivity contribution < 1.29 is 18.0 Å². The molecule has 0 bridgehead atoms. The number of nitrogens with two attached hydrogens (primary N) is 1. The number of nitrogens with one attached hydrogen (secondary N) is 3. The fourth-order valence-corrected chi connectivity index (χ4v) is 3.05. The molecule has 0 aliphatic heterocycles. The highest BCUT2D eigenvalue weighted by Crippen LogP contribution is 2.14. The van der Waals surface area contributed by atoms with Gasteiger partial charge >= 0.3 is 0 Å². The number of amides is 2. The van der Waals surface area contributed by atoms with E-state index in [1.54, 1.807) is 0 Å². The van der Waals surface area contributed by atoms with Gasteiger partial charge in [0.2, 0.25) is 21.8 Å². The van der Waals surface area contributed by atoms with Crippen LogP contribution in [0.4, 0.5) is 5.69 Å². The van der Waals surface area contributed by atoms with E-state index in [2.05, 4.69) is 15.4 Å². The molecule has 0 spiro atoms. The average molecular weight is 356 g/mol. The minimum absolute atomic E-state index is 0.00633. The van der Waals surface area contributed by atoms with E-state index in [1.165, 1.54) is 38.1 Å². The first-order chi connectivity index (χ1) is 11.1. The summed E-state index contributed by atoms with van der Waals surface area (Å²) >= 11 is 0. The van der Waals surface area contributed by atoms with Gasteiger partial charge in [0.1, 0.15) is 0 Å². The molecule has 134 valence electrons. The van der Waals surface area contributed by atoms with Gasteiger partial charge in [-0.05, 0) is 44.5 Å². The highest BCUT2D eigenvalue weighted by molar-refractivity contribution is 7.89. The van der Waals surface area contributed by atoms with Crippen molar-refractivity contribution >= 4 is 27.5 Å². The molecule has 0 aromatic heterocycles. The Morgan fingerprint density at radius 1 is 1.17 bits per heavy atom. The van der Waals surface area contributed by atoms with Gasteiger partial charge in [0, 0.05) is 25.2 Å². The second-order valence-electron chi connectivity index (χ2n) is 5.61. The van der Waals surface area contributed by atoms with Crippen LogP contribution < -0.4 is 21.1 Å². The van der Waals surface area contributed by atoms with Gasteiger partial charge in [0.15, 0.2) is 0 Å². The van der Waals surface area contributed by atoms with Gasteiger partial charge in [0.25, 0.3) is 0 Å². The summed E-state index contributed by atoms with van der Waals surface area (Å²) in [6.07, 6.45) is 0.607. The molecule has 0 aliphatic rings. The molecule has 8 nitrogen and oxygen atoms in total. The normalized spacial score (nSPS) is 13.8. The molecule has 2 atom stereocenters. The van der Waals surface area contributed by atoms with Gasteiger partial charge in [-0.25, -0.2) is 8.42 Å². The third kappa shape index (κ3) is 6.65. The lowest BCUT2D eigenvalue weighted by Crippen LogP contribution is -2.45. The second-order valence-corrected chi connectivity index (χ2v) is 7.32. The molecular weight excluding hydrogens is 332 g/mol. The average Bonchev–Trinajstić information content (AvgIpc) is 2.46. The molecule has 1 aromatic carbocycles. The van der Waals surface area contributed by atoms with Crippen molar-refractivity contribution in [2.45, 2.75) is 44.2 Å². The van der Waals surface area contributed by atoms with Crippen LogP contribution in [0.1, 0.15) is 27.2 Å². The number of hydrogen-bond acceptors (Lipinski definition) is 5. The maximum absolute atomic E-state index is 12.3. The zero-order valence-corrected chi connectivity index (χ0v) is 14.8. The third-order valence-electron chi connectivity index (χ3n) is 3.11. The smallest absolute Gasteiger partial charge is 0.241 e. The van der Waals surface area contributed by atoms with E-state index in [-0.39, 0.29) is 16.8 Å². The van der Waals surface area contributed by atoms with E-state index in [9.17, 15) is 18.0 Å². The summed E-state index contributed by atoms with van der Waals surface area (Å²) in [5.74, 6) is -0.671. The minimum atomic E-state index is -3.84. The van der Waals surface area contributed by atoms with Crippen molar-refractivity contribution in [2.75, 3.05) is 11.9 Å². The number of hydrogen-bond donors (Lipinski definition) is 4. The number of sulfonamides is 1. The van der Waals surface area contributed by atoms with Gasteiger partial charge in [0.05, 0.1) is 10.9 Å². The SMILES string of the molecule is CC(=O)Nc1ccc(S(=O)(=O)NC(C)C(=O)NCCC(C)N)cc1. The molecule has 0 aliphatic carbocycles. The Bertz CT molecular complexity index is 671. The van der Waals surface area contributed by atoms with E-state index >= 15 is 0 Å². The number of rotatable bonds is 8. The molecule has 0 fully saturated rings. The molecule has 0 saturated heterocycles. The highest BCUT2D eigenvalue weighted by Gasteiger charge is 2.21. The Hall–Kier alpha value is -1.97. The highest BCUT2D eigenvalue weighted by atomic mass is 32.2. The molecule has 0 radical (unpaired) electrons. The summed E-state index contributed by atoms with van der Waals surface area (Å²) < 4.78 is 26.8. The number of anilines is 1.